The van der Waals surface area contributed by atoms with Crippen LogP contribution in [0.5, 0.6) is 0 Å². The first-order valence-corrected chi connectivity index (χ1v) is 6.76. The number of hydrogen-bond donors (Lipinski definition) is 2. The van der Waals surface area contributed by atoms with Gasteiger partial charge in [0.05, 0.1) is 5.92 Å². The molecule has 18 heavy (non-hydrogen) atoms. The standard InChI is InChI=1S/C14H18ClNO2/c15-11-7-5-10(6-8-11)13(14(17)18)9-16-12-3-1-2-4-12/h5-8,12-13,16H,1-4,9H2,(H,17,18). The molecule has 0 spiro atoms. The second-order valence-corrected chi connectivity index (χ2v) is 5.27. The number of benzene rings is 1. The predicted molar refractivity (Wildman–Crippen MR) is 72.1 cm³/mol. The van der Waals surface area contributed by atoms with Crippen LogP contribution in [0.15, 0.2) is 24.3 Å². The van der Waals surface area contributed by atoms with E-state index in [0.29, 0.717) is 17.6 Å². The summed E-state index contributed by atoms with van der Waals surface area (Å²) in [5, 5.41) is 13.3. The van der Waals surface area contributed by atoms with Gasteiger partial charge in [0.25, 0.3) is 0 Å². The lowest BCUT2D eigenvalue weighted by atomic mass is 9.99. The molecule has 2 rings (SSSR count). The zero-order chi connectivity index (χ0) is 13.0. The quantitative estimate of drug-likeness (QED) is 0.862. The summed E-state index contributed by atoms with van der Waals surface area (Å²) in [5.41, 5.74) is 0.803. The van der Waals surface area contributed by atoms with Gasteiger partial charge in [-0.15, -0.1) is 0 Å². The fourth-order valence-corrected chi connectivity index (χ4v) is 2.58. The largest absolute Gasteiger partial charge is 0.481 e. The molecule has 1 aliphatic rings. The van der Waals surface area contributed by atoms with Crippen LogP contribution in [0, 0.1) is 0 Å². The zero-order valence-electron chi connectivity index (χ0n) is 10.2. The molecule has 0 aromatic heterocycles. The molecular formula is C14H18ClNO2. The molecule has 3 nitrogen and oxygen atoms in total. The van der Waals surface area contributed by atoms with Gasteiger partial charge in [-0.3, -0.25) is 4.79 Å². The van der Waals surface area contributed by atoms with E-state index in [9.17, 15) is 9.90 Å². The molecular weight excluding hydrogens is 250 g/mol. The molecule has 98 valence electrons. The monoisotopic (exact) mass is 267 g/mol. The Balaban J connectivity index is 1.99. The first-order valence-electron chi connectivity index (χ1n) is 6.38. The molecule has 0 radical (unpaired) electrons. The van der Waals surface area contributed by atoms with E-state index < -0.39 is 11.9 Å². The highest BCUT2D eigenvalue weighted by molar-refractivity contribution is 6.30. The van der Waals surface area contributed by atoms with Crippen LogP contribution in [0.4, 0.5) is 0 Å². The van der Waals surface area contributed by atoms with Gasteiger partial charge in [0, 0.05) is 17.6 Å². The van der Waals surface area contributed by atoms with Crippen LogP contribution in [-0.4, -0.2) is 23.7 Å². The van der Waals surface area contributed by atoms with Crippen LogP contribution in [0.3, 0.4) is 0 Å². The lowest BCUT2D eigenvalue weighted by Gasteiger charge is -2.17. The van der Waals surface area contributed by atoms with Gasteiger partial charge in [-0.1, -0.05) is 36.6 Å². The molecule has 0 heterocycles. The Bertz CT molecular complexity index is 399. The highest BCUT2D eigenvalue weighted by Gasteiger charge is 2.22. The Hall–Kier alpha value is -1.06. The molecule has 1 saturated carbocycles. The number of carboxylic acids is 1. The predicted octanol–water partition coefficient (Wildman–Crippen LogP) is 3.04. The SMILES string of the molecule is O=C(O)C(CNC1CCCC1)c1ccc(Cl)cc1. The van der Waals surface area contributed by atoms with E-state index in [1.807, 2.05) is 0 Å². The van der Waals surface area contributed by atoms with Crippen molar-refractivity contribution < 1.29 is 9.90 Å². The Kier molecular flexibility index (Phi) is 4.61. The number of rotatable bonds is 5. The number of nitrogens with one attached hydrogen (secondary N) is 1. The second kappa shape index (κ2) is 6.21. The van der Waals surface area contributed by atoms with Crippen LogP contribution in [0.2, 0.25) is 5.02 Å². The van der Waals surface area contributed by atoms with E-state index in [2.05, 4.69) is 5.32 Å². The first kappa shape index (κ1) is 13.4. The molecule has 1 unspecified atom stereocenters. The molecule has 0 bridgehead atoms. The van der Waals surface area contributed by atoms with E-state index >= 15 is 0 Å². The van der Waals surface area contributed by atoms with Crippen molar-refractivity contribution in [1.29, 1.82) is 0 Å². The number of aliphatic carboxylic acids is 1. The zero-order valence-corrected chi connectivity index (χ0v) is 11.0. The van der Waals surface area contributed by atoms with Crippen LogP contribution >= 0.6 is 11.6 Å². The van der Waals surface area contributed by atoms with Crippen molar-refractivity contribution in [3.8, 4) is 0 Å². The van der Waals surface area contributed by atoms with Crippen molar-refractivity contribution in [2.45, 2.75) is 37.6 Å². The van der Waals surface area contributed by atoms with E-state index in [4.69, 9.17) is 11.6 Å². The molecule has 0 amide bonds. The van der Waals surface area contributed by atoms with Crippen LogP contribution in [-0.2, 0) is 4.79 Å². The summed E-state index contributed by atoms with van der Waals surface area (Å²) < 4.78 is 0. The number of halogens is 1. The summed E-state index contributed by atoms with van der Waals surface area (Å²) >= 11 is 5.81. The van der Waals surface area contributed by atoms with Crippen LogP contribution in [0.1, 0.15) is 37.2 Å². The minimum Gasteiger partial charge on any atom is -0.481 e. The Labute approximate surface area is 112 Å². The van der Waals surface area contributed by atoms with Crippen molar-refractivity contribution in [2.24, 2.45) is 0 Å². The van der Waals surface area contributed by atoms with Crippen molar-refractivity contribution in [1.82, 2.24) is 5.32 Å². The lowest BCUT2D eigenvalue weighted by molar-refractivity contribution is -0.138. The Morgan fingerprint density at radius 1 is 1.33 bits per heavy atom. The van der Waals surface area contributed by atoms with Gasteiger partial charge in [-0.05, 0) is 30.5 Å². The van der Waals surface area contributed by atoms with E-state index in [-0.39, 0.29) is 0 Å². The highest BCUT2D eigenvalue weighted by atomic mass is 35.5. The fourth-order valence-electron chi connectivity index (χ4n) is 2.46. The molecule has 2 N–H and O–H groups in total. The summed E-state index contributed by atoms with van der Waals surface area (Å²) in [6.07, 6.45) is 4.81. The fraction of sp³-hybridized carbons (Fsp3) is 0.500. The number of carboxylic acid groups (broad SMARTS) is 1. The molecule has 0 saturated heterocycles. The molecule has 1 aromatic rings. The molecule has 4 heteroatoms. The maximum absolute atomic E-state index is 11.3. The van der Waals surface area contributed by atoms with Gasteiger partial charge in [0.15, 0.2) is 0 Å². The molecule has 1 aliphatic carbocycles. The first-order chi connectivity index (χ1) is 8.66. The average molecular weight is 268 g/mol. The molecule has 1 aromatic carbocycles. The van der Waals surface area contributed by atoms with Crippen molar-refractivity contribution in [3.05, 3.63) is 34.9 Å². The van der Waals surface area contributed by atoms with E-state index in [1.165, 1.54) is 12.8 Å². The summed E-state index contributed by atoms with van der Waals surface area (Å²) in [5.74, 6) is -1.29. The van der Waals surface area contributed by atoms with Crippen molar-refractivity contribution in [2.75, 3.05) is 6.54 Å². The molecule has 1 fully saturated rings. The second-order valence-electron chi connectivity index (χ2n) is 4.83. The summed E-state index contributed by atoms with van der Waals surface area (Å²) in [7, 11) is 0. The molecule has 0 aliphatic heterocycles. The number of carbonyl (C=O) groups is 1. The van der Waals surface area contributed by atoms with Gasteiger partial charge in [0.1, 0.15) is 0 Å². The van der Waals surface area contributed by atoms with Crippen LogP contribution in [0.25, 0.3) is 0 Å². The lowest BCUT2D eigenvalue weighted by Crippen LogP contribution is -2.33. The van der Waals surface area contributed by atoms with Gasteiger partial charge in [0.2, 0.25) is 0 Å². The summed E-state index contributed by atoms with van der Waals surface area (Å²) in [4.78, 5) is 11.3. The Morgan fingerprint density at radius 3 is 2.50 bits per heavy atom. The van der Waals surface area contributed by atoms with Gasteiger partial charge < -0.3 is 10.4 Å². The third kappa shape index (κ3) is 3.47. The van der Waals surface area contributed by atoms with Gasteiger partial charge >= 0.3 is 5.97 Å². The third-order valence-electron chi connectivity index (χ3n) is 3.54. The summed E-state index contributed by atoms with van der Waals surface area (Å²) in [6, 6.07) is 7.54. The maximum Gasteiger partial charge on any atom is 0.312 e. The average Bonchev–Trinajstić information content (AvgIpc) is 2.84. The number of hydrogen-bond acceptors (Lipinski definition) is 2. The van der Waals surface area contributed by atoms with E-state index in [1.54, 1.807) is 24.3 Å². The Morgan fingerprint density at radius 2 is 1.94 bits per heavy atom. The minimum atomic E-state index is -0.789. The molecule has 1 atom stereocenters. The minimum absolute atomic E-state index is 0.485. The normalized spacial score (nSPS) is 17.8. The van der Waals surface area contributed by atoms with Gasteiger partial charge in [-0.2, -0.15) is 0 Å². The van der Waals surface area contributed by atoms with Crippen molar-refractivity contribution >= 4 is 17.6 Å². The summed E-state index contributed by atoms with van der Waals surface area (Å²) in [6.45, 7) is 0.488. The topological polar surface area (TPSA) is 49.3 Å². The van der Waals surface area contributed by atoms with Gasteiger partial charge in [-0.25, -0.2) is 0 Å². The smallest absolute Gasteiger partial charge is 0.312 e. The third-order valence-corrected chi connectivity index (χ3v) is 3.79. The maximum atomic E-state index is 11.3. The highest BCUT2D eigenvalue weighted by Crippen LogP contribution is 2.21. The van der Waals surface area contributed by atoms with E-state index in [0.717, 1.165) is 18.4 Å². The van der Waals surface area contributed by atoms with Crippen LogP contribution < -0.4 is 5.32 Å². The van der Waals surface area contributed by atoms with Crippen molar-refractivity contribution in [3.63, 3.8) is 0 Å².